The SMILES string of the molecule is COc1cc([C@H](C[N+](=O)[O-])Sc2nnc(C)n2-c2ccc(C)c(C)c2)ccc1OCc1ccc(Cl)cc1. The summed E-state index contributed by atoms with van der Waals surface area (Å²) < 4.78 is 13.4. The third kappa shape index (κ3) is 6.42. The third-order valence-corrected chi connectivity index (χ3v) is 7.41. The number of hydrogen-bond acceptors (Lipinski definition) is 7. The number of methoxy groups -OCH3 is 1. The molecule has 10 heteroatoms. The number of nitrogens with zero attached hydrogens (tertiary/aromatic N) is 4. The van der Waals surface area contributed by atoms with Gasteiger partial charge in [-0.15, -0.1) is 10.2 Å². The fourth-order valence-corrected chi connectivity index (χ4v) is 5.09. The van der Waals surface area contributed by atoms with E-state index in [-0.39, 0.29) is 11.5 Å². The van der Waals surface area contributed by atoms with Crippen LogP contribution >= 0.6 is 23.4 Å². The first-order valence-corrected chi connectivity index (χ1v) is 12.8. The smallest absolute Gasteiger partial charge is 0.220 e. The average Bonchev–Trinajstić information content (AvgIpc) is 3.24. The zero-order chi connectivity index (χ0) is 26.5. The molecule has 0 radical (unpaired) electrons. The van der Waals surface area contributed by atoms with E-state index in [4.69, 9.17) is 21.1 Å². The Morgan fingerprint density at radius 2 is 1.76 bits per heavy atom. The van der Waals surface area contributed by atoms with Crippen molar-refractivity contribution in [1.29, 1.82) is 0 Å². The van der Waals surface area contributed by atoms with Crippen LogP contribution in [0, 0.1) is 30.9 Å². The van der Waals surface area contributed by atoms with E-state index in [0.29, 0.717) is 34.1 Å². The van der Waals surface area contributed by atoms with Crippen molar-refractivity contribution in [2.24, 2.45) is 0 Å². The van der Waals surface area contributed by atoms with Crippen molar-refractivity contribution in [3.63, 3.8) is 0 Å². The summed E-state index contributed by atoms with van der Waals surface area (Å²) >= 11 is 7.25. The highest BCUT2D eigenvalue weighted by Gasteiger charge is 2.25. The molecule has 1 atom stereocenters. The van der Waals surface area contributed by atoms with Crippen LogP contribution in [0.2, 0.25) is 5.02 Å². The Morgan fingerprint density at radius 1 is 1.00 bits per heavy atom. The second kappa shape index (κ2) is 11.7. The predicted octanol–water partition coefficient (Wildman–Crippen LogP) is 6.54. The summed E-state index contributed by atoms with van der Waals surface area (Å²) in [6.07, 6.45) is 0. The number of rotatable bonds is 10. The predicted molar refractivity (Wildman–Crippen MR) is 145 cm³/mol. The molecule has 1 aromatic heterocycles. The van der Waals surface area contributed by atoms with Gasteiger partial charge in [-0.05, 0) is 79.4 Å². The summed E-state index contributed by atoms with van der Waals surface area (Å²) in [5, 5.41) is 20.9. The molecule has 4 aromatic rings. The molecule has 4 rings (SSSR count). The van der Waals surface area contributed by atoms with Gasteiger partial charge in [0.2, 0.25) is 6.54 Å². The second-order valence-corrected chi connectivity index (χ2v) is 10.2. The quantitative estimate of drug-likeness (QED) is 0.128. The number of aromatic nitrogens is 3. The van der Waals surface area contributed by atoms with Crippen molar-refractivity contribution in [3.05, 3.63) is 104 Å². The lowest BCUT2D eigenvalue weighted by Gasteiger charge is -2.17. The summed E-state index contributed by atoms with van der Waals surface area (Å²) in [5.74, 6) is 1.74. The largest absolute Gasteiger partial charge is 0.493 e. The van der Waals surface area contributed by atoms with Crippen molar-refractivity contribution < 1.29 is 14.4 Å². The maximum Gasteiger partial charge on any atom is 0.220 e. The van der Waals surface area contributed by atoms with Crippen LogP contribution in [0.4, 0.5) is 0 Å². The van der Waals surface area contributed by atoms with Crippen LogP contribution in [0.3, 0.4) is 0 Å². The van der Waals surface area contributed by atoms with Crippen molar-refractivity contribution >= 4 is 23.4 Å². The highest BCUT2D eigenvalue weighted by Crippen LogP contribution is 2.39. The molecular formula is C27H27ClN4O4S. The normalized spacial score (nSPS) is 11.8. The van der Waals surface area contributed by atoms with Crippen LogP contribution < -0.4 is 9.47 Å². The number of aryl methyl sites for hydroxylation is 3. The minimum Gasteiger partial charge on any atom is -0.493 e. The zero-order valence-corrected chi connectivity index (χ0v) is 22.5. The van der Waals surface area contributed by atoms with Gasteiger partial charge in [-0.25, -0.2) is 0 Å². The molecule has 8 nitrogen and oxygen atoms in total. The Labute approximate surface area is 224 Å². The van der Waals surface area contributed by atoms with E-state index in [2.05, 4.69) is 23.2 Å². The molecule has 37 heavy (non-hydrogen) atoms. The molecule has 0 fully saturated rings. The number of benzene rings is 3. The second-order valence-electron chi connectivity index (χ2n) is 8.58. The number of halogens is 1. The van der Waals surface area contributed by atoms with Gasteiger partial charge in [-0.1, -0.05) is 47.6 Å². The molecule has 0 aliphatic rings. The minimum absolute atomic E-state index is 0.294. The lowest BCUT2D eigenvalue weighted by atomic mass is 10.1. The Kier molecular flexibility index (Phi) is 8.35. The van der Waals surface area contributed by atoms with Crippen molar-refractivity contribution in [3.8, 4) is 17.2 Å². The highest BCUT2D eigenvalue weighted by atomic mass is 35.5. The van der Waals surface area contributed by atoms with Crippen LogP contribution in [0.1, 0.15) is 33.3 Å². The molecule has 0 bridgehead atoms. The molecule has 1 heterocycles. The fourth-order valence-electron chi connectivity index (χ4n) is 3.80. The fraction of sp³-hybridized carbons (Fsp3) is 0.259. The Bertz CT molecular complexity index is 1410. The van der Waals surface area contributed by atoms with Gasteiger partial charge in [0.15, 0.2) is 16.7 Å². The first kappa shape index (κ1) is 26.5. The van der Waals surface area contributed by atoms with Crippen molar-refractivity contribution in [2.45, 2.75) is 37.8 Å². The van der Waals surface area contributed by atoms with Gasteiger partial charge in [0.05, 0.1) is 7.11 Å². The van der Waals surface area contributed by atoms with E-state index in [1.54, 1.807) is 31.4 Å². The maximum absolute atomic E-state index is 11.6. The topological polar surface area (TPSA) is 92.3 Å². The maximum atomic E-state index is 11.6. The van der Waals surface area contributed by atoms with Gasteiger partial charge in [0, 0.05) is 15.6 Å². The van der Waals surface area contributed by atoms with Crippen molar-refractivity contribution in [1.82, 2.24) is 14.8 Å². The molecule has 0 saturated heterocycles. The van der Waals surface area contributed by atoms with Crippen LogP contribution in [0.15, 0.2) is 65.8 Å². The van der Waals surface area contributed by atoms with Gasteiger partial charge in [0.1, 0.15) is 17.7 Å². The van der Waals surface area contributed by atoms with E-state index in [9.17, 15) is 10.1 Å². The minimum atomic E-state index is -0.525. The van der Waals surface area contributed by atoms with Gasteiger partial charge in [-0.2, -0.15) is 0 Å². The summed E-state index contributed by atoms with van der Waals surface area (Å²) in [5.41, 5.74) is 4.92. The molecule has 192 valence electrons. The lowest BCUT2D eigenvalue weighted by molar-refractivity contribution is -0.479. The summed E-state index contributed by atoms with van der Waals surface area (Å²) in [6.45, 7) is 6.00. The van der Waals surface area contributed by atoms with E-state index < -0.39 is 5.25 Å². The molecule has 0 N–H and O–H groups in total. The Morgan fingerprint density at radius 3 is 2.43 bits per heavy atom. The molecule has 0 aliphatic heterocycles. The molecular weight excluding hydrogens is 512 g/mol. The summed E-state index contributed by atoms with van der Waals surface area (Å²) in [7, 11) is 1.55. The van der Waals surface area contributed by atoms with Crippen LogP contribution in [-0.4, -0.2) is 33.3 Å². The average molecular weight is 539 g/mol. The van der Waals surface area contributed by atoms with Crippen molar-refractivity contribution in [2.75, 3.05) is 13.7 Å². The first-order valence-electron chi connectivity index (χ1n) is 11.6. The third-order valence-electron chi connectivity index (χ3n) is 5.97. The summed E-state index contributed by atoms with van der Waals surface area (Å²) in [6, 6.07) is 18.9. The zero-order valence-electron chi connectivity index (χ0n) is 21.0. The molecule has 0 spiro atoms. The molecule has 0 amide bonds. The first-order chi connectivity index (χ1) is 17.7. The van der Waals surface area contributed by atoms with E-state index in [0.717, 1.165) is 22.4 Å². The van der Waals surface area contributed by atoms with E-state index in [1.165, 1.54) is 17.3 Å². The molecule has 0 saturated carbocycles. The lowest BCUT2D eigenvalue weighted by Crippen LogP contribution is -2.11. The number of thioether (sulfide) groups is 1. The molecule has 3 aromatic carbocycles. The molecule has 0 aliphatic carbocycles. The number of nitro groups is 1. The Balaban J connectivity index is 1.61. The van der Waals surface area contributed by atoms with Crippen LogP contribution in [0.25, 0.3) is 5.69 Å². The van der Waals surface area contributed by atoms with Crippen LogP contribution in [0.5, 0.6) is 11.5 Å². The van der Waals surface area contributed by atoms with Gasteiger partial charge >= 0.3 is 0 Å². The molecule has 0 unspecified atom stereocenters. The summed E-state index contributed by atoms with van der Waals surface area (Å²) in [4.78, 5) is 11.3. The Hall–Kier alpha value is -3.56. The number of ether oxygens (including phenoxy) is 2. The van der Waals surface area contributed by atoms with E-state index in [1.807, 2.05) is 48.7 Å². The monoisotopic (exact) mass is 538 g/mol. The van der Waals surface area contributed by atoms with E-state index >= 15 is 0 Å². The van der Waals surface area contributed by atoms with Gasteiger partial charge in [0.25, 0.3) is 0 Å². The van der Waals surface area contributed by atoms with Gasteiger partial charge in [-0.3, -0.25) is 14.7 Å². The number of hydrogen-bond donors (Lipinski definition) is 0. The van der Waals surface area contributed by atoms with Crippen LogP contribution in [-0.2, 0) is 6.61 Å². The van der Waals surface area contributed by atoms with Gasteiger partial charge < -0.3 is 9.47 Å². The standard InChI is InChI=1S/C27H27ClN4O4S/c1-17-5-11-23(13-18(17)2)32-19(3)29-30-27(32)37-26(15-31(33)34)21-8-12-24(25(14-21)35-4)36-16-20-6-9-22(28)10-7-20/h5-14,26H,15-16H2,1-4H3/t26-/m0/s1. The highest BCUT2D eigenvalue weighted by molar-refractivity contribution is 7.99.